The van der Waals surface area contributed by atoms with Gasteiger partial charge in [0.05, 0.1) is 4.90 Å². The van der Waals surface area contributed by atoms with Gasteiger partial charge in [-0.1, -0.05) is 11.6 Å². The van der Waals surface area contributed by atoms with Crippen molar-refractivity contribution in [1.82, 2.24) is 4.57 Å². The Balaban J connectivity index is 2.58. The first-order chi connectivity index (χ1) is 10.8. The van der Waals surface area contributed by atoms with Gasteiger partial charge in [0.15, 0.2) is 0 Å². The normalized spacial score (nSPS) is 11.8. The Kier molecular flexibility index (Phi) is 4.60. The van der Waals surface area contributed by atoms with Gasteiger partial charge in [-0.3, -0.25) is 0 Å². The van der Waals surface area contributed by atoms with E-state index < -0.39 is 14.7 Å². The van der Waals surface area contributed by atoms with Crippen molar-refractivity contribution in [1.29, 1.82) is 10.5 Å². The Hall–Kier alpha value is -2.54. The van der Waals surface area contributed by atoms with Crippen LogP contribution in [0.25, 0.3) is 6.08 Å². The fourth-order valence-electron chi connectivity index (χ4n) is 2.03. The van der Waals surface area contributed by atoms with E-state index in [-0.39, 0.29) is 4.90 Å². The van der Waals surface area contributed by atoms with Gasteiger partial charge in [0.25, 0.3) is 0 Å². The van der Waals surface area contributed by atoms with E-state index in [2.05, 4.69) is 0 Å². The maximum atomic E-state index is 12.5. The van der Waals surface area contributed by atoms with Gasteiger partial charge >= 0.3 is 0 Å². The maximum absolute atomic E-state index is 12.5. The Morgan fingerprint density at radius 1 is 1.26 bits per heavy atom. The first kappa shape index (κ1) is 16.8. The lowest BCUT2D eigenvalue weighted by atomic mass is 10.2. The molecule has 0 fully saturated rings. The van der Waals surface area contributed by atoms with Gasteiger partial charge in [-0.05, 0) is 48.9 Å². The average Bonchev–Trinajstić information content (AvgIpc) is 2.80. The van der Waals surface area contributed by atoms with E-state index in [1.807, 2.05) is 6.07 Å². The number of hydrogen-bond donors (Lipinski definition) is 0. The number of nitrogens with zero attached hydrogens (tertiary/aromatic N) is 3. The number of nitriles is 2. The van der Waals surface area contributed by atoms with Crippen molar-refractivity contribution in [3.8, 4) is 12.1 Å². The molecular formula is C16H12ClN3O2S. The molecule has 0 atom stereocenters. The predicted octanol–water partition coefficient (Wildman–Crippen LogP) is 3.20. The van der Waals surface area contributed by atoms with Crippen molar-refractivity contribution >= 4 is 27.5 Å². The van der Waals surface area contributed by atoms with Crippen LogP contribution in [-0.2, 0) is 16.9 Å². The molecule has 23 heavy (non-hydrogen) atoms. The van der Waals surface area contributed by atoms with E-state index in [0.29, 0.717) is 22.0 Å². The van der Waals surface area contributed by atoms with Crippen molar-refractivity contribution in [3.63, 3.8) is 0 Å². The predicted molar refractivity (Wildman–Crippen MR) is 87.1 cm³/mol. The molecule has 0 N–H and O–H groups in total. The zero-order valence-corrected chi connectivity index (χ0v) is 14.0. The smallest absolute Gasteiger partial charge is 0.216 e. The Morgan fingerprint density at radius 2 is 1.87 bits per heavy atom. The van der Waals surface area contributed by atoms with E-state index in [1.54, 1.807) is 30.7 Å². The van der Waals surface area contributed by atoms with E-state index >= 15 is 0 Å². The molecule has 1 heterocycles. The fourth-order valence-corrected chi connectivity index (χ4v) is 3.30. The summed E-state index contributed by atoms with van der Waals surface area (Å²) in [6.45, 7) is 1.75. The number of benzene rings is 1. The second kappa shape index (κ2) is 6.29. The summed E-state index contributed by atoms with van der Waals surface area (Å²) in [4.78, 5) is -0.401. The summed E-state index contributed by atoms with van der Waals surface area (Å²) in [6.07, 6.45) is 1.28. The van der Waals surface area contributed by atoms with Crippen molar-refractivity contribution in [2.45, 2.75) is 11.8 Å². The quantitative estimate of drug-likeness (QED) is 0.799. The van der Waals surface area contributed by atoms with E-state index in [9.17, 15) is 13.7 Å². The molecule has 116 valence electrons. The molecule has 2 aromatic rings. The highest BCUT2D eigenvalue weighted by Gasteiger charge is 2.21. The van der Waals surface area contributed by atoms with E-state index in [0.717, 1.165) is 0 Å². The molecule has 0 aliphatic rings. The van der Waals surface area contributed by atoms with E-state index in [1.165, 1.54) is 30.3 Å². The highest BCUT2D eigenvalue weighted by molar-refractivity contribution is 7.95. The zero-order valence-electron chi connectivity index (χ0n) is 12.4. The third-order valence-corrected chi connectivity index (χ3v) is 5.43. The summed E-state index contributed by atoms with van der Waals surface area (Å²) in [7, 11) is -2.24. The first-order valence-electron chi connectivity index (χ1n) is 6.50. The van der Waals surface area contributed by atoms with E-state index in [4.69, 9.17) is 16.9 Å². The van der Waals surface area contributed by atoms with Gasteiger partial charge in [0, 0.05) is 17.8 Å². The molecule has 0 saturated carbocycles. The number of aromatic nitrogens is 1. The maximum Gasteiger partial charge on any atom is 0.216 e. The standard InChI is InChI=1S/C16H12ClN3O2S/c1-11-12(7-14(9-18)20(11)2)8-16(10-19)23(21,22)15-5-3-13(17)4-6-15/h3-8H,1-2H3/b16-8+. The van der Waals surface area contributed by atoms with Crippen LogP contribution in [0.3, 0.4) is 0 Å². The molecule has 0 aliphatic heterocycles. The molecule has 0 spiro atoms. The number of sulfone groups is 1. The molecule has 0 unspecified atom stereocenters. The molecule has 0 aliphatic carbocycles. The largest absolute Gasteiger partial charge is 0.339 e. The summed E-state index contributed by atoms with van der Waals surface area (Å²) in [5.74, 6) is 0. The van der Waals surface area contributed by atoms with Crippen LogP contribution in [0.1, 0.15) is 17.0 Å². The topological polar surface area (TPSA) is 86.7 Å². The number of allylic oxidation sites excluding steroid dienone is 1. The van der Waals surface area contributed by atoms with Gasteiger partial charge in [-0.25, -0.2) is 8.42 Å². The lowest BCUT2D eigenvalue weighted by molar-refractivity contribution is 0.603. The van der Waals surface area contributed by atoms with Crippen LogP contribution in [0.5, 0.6) is 0 Å². The Bertz CT molecular complexity index is 972. The highest BCUT2D eigenvalue weighted by Crippen LogP contribution is 2.24. The molecule has 0 saturated heterocycles. The molecule has 7 heteroatoms. The minimum absolute atomic E-state index is 0.0104. The van der Waals surface area contributed by atoms with Crippen LogP contribution in [0, 0.1) is 29.6 Å². The monoisotopic (exact) mass is 345 g/mol. The third-order valence-electron chi connectivity index (χ3n) is 3.50. The zero-order chi connectivity index (χ0) is 17.2. The van der Waals surface area contributed by atoms with Crippen LogP contribution in [0.15, 0.2) is 40.1 Å². The summed E-state index contributed by atoms with van der Waals surface area (Å²) >= 11 is 5.75. The van der Waals surface area contributed by atoms with Crippen LogP contribution in [0.2, 0.25) is 5.02 Å². The molecule has 1 aromatic heterocycles. The summed E-state index contributed by atoms with van der Waals surface area (Å²) < 4.78 is 26.7. The molecule has 5 nitrogen and oxygen atoms in total. The number of hydrogen-bond acceptors (Lipinski definition) is 4. The summed E-state index contributed by atoms with van der Waals surface area (Å²) in [5.41, 5.74) is 1.59. The van der Waals surface area contributed by atoms with Crippen molar-refractivity contribution in [2.24, 2.45) is 7.05 Å². The van der Waals surface area contributed by atoms with Crippen molar-refractivity contribution in [2.75, 3.05) is 0 Å². The molecule has 1 aromatic carbocycles. The van der Waals surface area contributed by atoms with Gasteiger partial charge in [0.1, 0.15) is 22.7 Å². The molecule has 0 amide bonds. The molecular weight excluding hydrogens is 334 g/mol. The van der Waals surface area contributed by atoms with Gasteiger partial charge in [-0.2, -0.15) is 10.5 Å². The Morgan fingerprint density at radius 3 is 2.35 bits per heavy atom. The van der Waals surface area contributed by atoms with Crippen LogP contribution in [0.4, 0.5) is 0 Å². The minimum Gasteiger partial charge on any atom is -0.339 e. The van der Waals surface area contributed by atoms with Gasteiger partial charge in [-0.15, -0.1) is 0 Å². The number of rotatable bonds is 3. The Labute approximate surface area is 139 Å². The fraction of sp³-hybridized carbons (Fsp3) is 0.125. The first-order valence-corrected chi connectivity index (χ1v) is 8.36. The lowest BCUT2D eigenvalue weighted by Gasteiger charge is -2.03. The van der Waals surface area contributed by atoms with Gasteiger partial charge < -0.3 is 4.57 Å². The minimum atomic E-state index is -3.94. The second-order valence-corrected chi connectivity index (χ2v) is 7.17. The van der Waals surface area contributed by atoms with Crippen LogP contribution in [-0.4, -0.2) is 13.0 Å². The third kappa shape index (κ3) is 3.14. The molecule has 0 bridgehead atoms. The van der Waals surface area contributed by atoms with Crippen LogP contribution >= 0.6 is 11.6 Å². The van der Waals surface area contributed by atoms with Crippen molar-refractivity contribution in [3.05, 3.63) is 57.2 Å². The highest BCUT2D eigenvalue weighted by atomic mass is 35.5. The second-order valence-electron chi connectivity index (χ2n) is 4.82. The SMILES string of the molecule is Cc1c(/C=C(\C#N)S(=O)(=O)c2ccc(Cl)cc2)cc(C#N)n1C. The van der Waals surface area contributed by atoms with Crippen molar-refractivity contribution < 1.29 is 8.42 Å². The lowest BCUT2D eigenvalue weighted by Crippen LogP contribution is -2.03. The summed E-state index contributed by atoms with van der Waals surface area (Å²) in [5, 5.41) is 18.7. The molecule has 0 radical (unpaired) electrons. The average molecular weight is 346 g/mol. The molecule has 2 rings (SSSR count). The van der Waals surface area contributed by atoms with Crippen LogP contribution < -0.4 is 0 Å². The number of halogens is 1. The summed E-state index contributed by atoms with van der Waals surface area (Å²) in [6, 6.07) is 10.9. The van der Waals surface area contributed by atoms with Gasteiger partial charge in [0.2, 0.25) is 9.84 Å².